The van der Waals surface area contributed by atoms with E-state index in [-0.39, 0.29) is 31.1 Å². The summed E-state index contributed by atoms with van der Waals surface area (Å²) in [6, 6.07) is 17.1. The second-order valence-electron chi connectivity index (χ2n) is 8.15. The van der Waals surface area contributed by atoms with Crippen molar-refractivity contribution in [2.45, 2.75) is 24.5 Å². The number of aliphatic hydroxyl groups excluding tert-OH is 2. The average molecular weight is 480 g/mol. The van der Waals surface area contributed by atoms with E-state index in [2.05, 4.69) is 15.0 Å². The van der Waals surface area contributed by atoms with E-state index in [1.54, 1.807) is 0 Å². The van der Waals surface area contributed by atoms with Crippen LogP contribution in [-0.4, -0.2) is 53.6 Å². The highest BCUT2D eigenvalue weighted by Gasteiger charge is 2.29. The van der Waals surface area contributed by atoms with Gasteiger partial charge in [-0.1, -0.05) is 48.5 Å². The number of benzene rings is 2. The van der Waals surface area contributed by atoms with Crippen LogP contribution < -0.4 is 5.32 Å². The van der Waals surface area contributed by atoms with Gasteiger partial charge in [0.25, 0.3) is 0 Å². The Morgan fingerprint density at radius 1 is 1.09 bits per heavy atom. The minimum Gasteiger partial charge on any atom is -0.465 e. The van der Waals surface area contributed by atoms with Crippen molar-refractivity contribution in [1.29, 1.82) is 0 Å². The summed E-state index contributed by atoms with van der Waals surface area (Å²) in [6.07, 6.45) is -2.40. The number of hydrogen-bond acceptors (Lipinski definition) is 7. The number of ether oxygens (including phenoxy) is 2. The van der Waals surface area contributed by atoms with Gasteiger partial charge < -0.3 is 25.0 Å². The first-order valence-electron chi connectivity index (χ1n) is 11.1. The van der Waals surface area contributed by atoms with Crippen LogP contribution in [0.1, 0.15) is 45.5 Å². The molecule has 0 spiro atoms. The monoisotopic (exact) mass is 480 g/mol. The summed E-state index contributed by atoms with van der Waals surface area (Å²) in [5.41, 5.74) is 4.03. The third-order valence-corrected chi connectivity index (χ3v) is 6.02. The van der Waals surface area contributed by atoms with Gasteiger partial charge in [-0.3, -0.25) is 0 Å². The molecule has 0 saturated heterocycles. The van der Waals surface area contributed by atoms with E-state index in [0.717, 1.165) is 41.6 Å². The number of rotatable bonds is 8. The molecule has 1 aliphatic carbocycles. The first-order valence-corrected chi connectivity index (χ1v) is 11.1. The van der Waals surface area contributed by atoms with Gasteiger partial charge in [-0.05, 0) is 34.7 Å². The Labute approximate surface area is 201 Å². The van der Waals surface area contributed by atoms with Crippen LogP contribution >= 0.6 is 0 Å². The van der Waals surface area contributed by atoms with E-state index in [4.69, 9.17) is 4.74 Å². The van der Waals surface area contributed by atoms with Crippen LogP contribution in [0.2, 0.25) is 0 Å². The zero-order valence-corrected chi connectivity index (χ0v) is 19.0. The first-order chi connectivity index (χ1) is 16.9. The Morgan fingerprint density at radius 3 is 2.34 bits per heavy atom. The summed E-state index contributed by atoms with van der Waals surface area (Å²) < 4.78 is 23.6. The highest BCUT2D eigenvalue weighted by molar-refractivity contribution is 5.89. The molecule has 0 radical (unpaired) electrons. The number of esters is 1. The van der Waals surface area contributed by atoms with E-state index in [1.165, 1.54) is 0 Å². The van der Waals surface area contributed by atoms with Crippen molar-refractivity contribution in [3.63, 3.8) is 0 Å². The highest BCUT2D eigenvalue weighted by atomic mass is 19.1. The summed E-state index contributed by atoms with van der Waals surface area (Å²) in [7, 11) is 1.09. The second-order valence-corrected chi connectivity index (χ2v) is 8.15. The molecule has 1 aliphatic rings. The maximum absolute atomic E-state index is 13.7. The number of aliphatic hydroxyl groups is 2. The topological polar surface area (TPSA) is 118 Å². The summed E-state index contributed by atoms with van der Waals surface area (Å²) in [6.45, 7) is 0.177. The number of nitrogens with one attached hydrogen (secondary N) is 1. The minimum atomic E-state index is -1.45. The third-order valence-electron chi connectivity index (χ3n) is 6.02. The van der Waals surface area contributed by atoms with Gasteiger partial charge in [0.15, 0.2) is 0 Å². The van der Waals surface area contributed by atoms with Crippen molar-refractivity contribution in [2.24, 2.45) is 0 Å². The van der Waals surface area contributed by atoms with E-state index in [1.807, 2.05) is 48.5 Å². The van der Waals surface area contributed by atoms with Gasteiger partial charge >= 0.3 is 12.1 Å². The molecule has 4 rings (SSSR count). The minimum absolute atomic E-state index is 0.0176. The second kappa shape index (κ2) is 10.6. The van der Waals surface area contributed by atoms with E-state index >= 15 is 0 Å². The number of alkyl carbamates (subject to hydrolysis) is 1. The number of carbonyl (C=O) groups excluding carboxylic acids is 2. The lowest BCUT2D eigenvalue weighted by Gasteiger charge is -2.19. The van der Waals surface area contributed by atoms with E-state index in [0.29, 0.717) is 0 Å². The lowest BCUT2D eigenvalue weighted by molar-refractivity contribution is 0.0133. The van der Waals surface area contributed by atoms with Crippen LogP contribution in [0.3, 0.4) is 0 Å². The molecular weight excluding hydrogens is 455 g/mol. The molecule has 8 nitrogen and oxygen atoms in total. The molecule has 0 bridgehead atoms. The Kier molecular flexibility index (Phi) is 7.38. The maximum atomic E-state index is 13.7. The number of amides is 1. The molecule has 3 aromatic rings. The molecule has 35 heavy (non-hydrogen) atoms. The fourth-order valence-corrected chi connectivity index (χ4v) is 4.23. The zero-order chi connectivity index (χ0) is 24.9. The van der Waals surface area contributed by atoms with Crippen molar-refractivity contribution in [1.82, 2.24) is 10.3 Å². The van der Waals surface area contributed by atoms with E-state index in [9.17, 15) is 24.2 Å². The van der Waals surface area contributed by atoms with Gasteiger partial charge in [-0.25, -0.2) is 14.6 Å². The predicted molar refractivity (Wildman–Crippen MR) is 124 cm³/mol. The Hall–Kier alpha value is -3.82. The molecule has 182 valence electrons. The maximum Gasteiger partial charge on any atom is 0.407 e. The summed E-state index contributed by atoms with van der Waals surface area (Å²) in [5.74, 6) is -2.06. The lowest BCUT2D eigenvalue weighted by Crippen LogP contribution is -2.30. The summed E-state index contributed by atoms with van der Waals surface area (Å²) in [4.78, 5) is 27.3. The molecule has 2 atom stereocenters. The SMILES string of the molecule is COC(=O)c1cc(C(O)C(O)CCNC(=O)OCC2c3ccccc3-c3ccccc32)cnc1F. The van der Waals surface area contributed by atoms with Gasteiger partial charge in [-0.2, -0.15) is 4.39 Å². The number of methoxy groups -OCH3 is 1. The molecular formula is C26H25FN2O6. The Bertz CT molecular complexity index is 1190. The molecule has 3 N–H and O–H groups in total. The van der Waals surface area contributed by atoms with Crippen molar-refractivity contribution >= 4 is 12.1 Å². The summed E-state index contributed by atoms with van der Waals surface area (Å²) in [5, 5.41) is 23.2. The quantitative estimate of drug-likeness (QED) is 0.334. The Balaban J connectivity index is 1.29. The smallest absolute Gasteiger partial charge is 0.407 e. The molecule has 2 aromatic carbocycles. The molecule has 0 fully saturated rings. The van der Waals surface area contributed by atoms with Crippen LogP contribution in [0.15, 0.2) is 60.8 Å². The number of fused-ring (bicyclic) bond motifs is 3. The fourth-order valence-electron chi connectivity index (χ4n) is 4.23. The molecule has 0 saturated carbocycles. The van der Waals surface area contributed by atoms with Crippen LogP contribution in [0, 0.1) is 5.95 Å². The predicted octanol–water partition coefficient (Wildman–Crippen LogP) is 3.33. The van der Waals surface area contributed by atoms with Gasteiger partial charge in [0.05, 0.1) is 13.2 Å². The molecule has 1 aromatic heterocycles. The third kappa shape index (κ3) is 5.16. The largest absolute Gasteiger partial charge is 0.465 e. The zero-order valence-electron chi connectivity index (χ0n) is 19.0. The summed E-state index contributed by atoms with van der Waals surface area (Å²) >= 11 is 0. The van der Waals surface area contributed by atoms with Crippen molar-refractivity contribution in [2.75, 3.05) is 20.3 Å². The van der Waals surface area contributed by atoms with Gasteiger partial charge in [-0.15, -0.1) is 0 Å². The van der Waals surface area contributed by atoms with Crippen LogP contribution in [0.5, 0.6) is 0 Å². The molecule has 2 unspecified atom stereocenters. The molecule has 9 heteroatoms. The highest BCUT2D eigenvalue weighted by Crippen LogP contribution is 2.44. The number of nitrogens with zero attached hydrogens (tertiary/aromatic N) is 1. The average Bonchev–Trinajstić information content (AvgIpc) is 3.20. The fraction of sp³-hybridized carbons (Fsp3) is 0.269. The van der Waals surface area contributed by atoms with Crippen LogP contribution in [-0.2, 0) is 9.47 Å². The standard InChI is InChI=1S/C26H25FN2O6/c1-34-25(32)20-12-15(13-29-24(20)27)23(31)22(30)10-11-28-26(33)35-14-21-18-8-4-2-6-16(18)17-7-3-5-9-19(17)21/h2-9,12-13,21-23,30-31H,10-11,14H2,1H3,(H,28,33). The van der Waals surface area contributed by atoms with Gasteiger partial charge in [0, 0.05) is 24.2 Å². The first kappa shape index (κ1) is 24.3. The number of carbonyl (C=O) groups is 2. The van der Waals surface area contributed by atoms with Gasteiger partial charge in [0.2, 0.25) is 5.95 Å². The van der Waals surface area contributed by atoms with Crippen LogP contribution in [0.25, 0.3) is 11.1 Å². The van der Waals surface area contributed by atoms with E-state index < -0.39 is 35.8 Å². The number of aromatic nitrogens is 1. The van der Waals surface area contributed by atoms with Crippen molar-refractivity contribution in [3.8, 4) is 11.1 Å². The van der Waals surface area contributed by atoms with Crippen molar-refractivity contribution < 1.29 is 33.7 Å². The molecule has 0 aliphatic heterocycles. The number of halogens is 1. The van der Waals surface area contributed by atoms with Crippen LogP contribution in [0.4, 0.5) is 9.18 Å². The number of hydrogen-bond donors (Lipinski definition) is 3. The number of pyridine rings is 1. The normalized spacial score (nSPS) is 13.9. The molecule has 1 heterocycles. The Morgan fingerprint density at radius 2 is 1.71 bits per heavy atom. The lowest BCUT2D eigenvalue weighted by atomic mass is 9.98. The molecule has 1 amide bonds. The van der Waals surface area contributed by atoms with Crippen molar-refractivity contribution in [3.05, 3.63) is 89.0 Å². The van der Waals surface area contributed by atoms with Gasteiger partial charge in [0.1, 0.15) is 18.3 Å².